The van der Waals surface area contributed by atoms with E-state index in [1.165, 1.54) is 0 Å². The summed E-state index contributed by atoms with van der Waals surface area (Å²) in [4.78, 5) is 2.22. The molecule has 3 N–H and O–H groups in total. The third kappa shape index (κ3) is 5.28. The maximum absolute atomic E-state index is 12.4. The number of para-hydroxylation sites is 1. The zero-order valence-corrected chi connectivity index (χ0v) is 13.5. The van der Waals surface area contributed by atoms with E-state index in [0.29, 0.717) is 38.5 Å². The molecule has 0 fully saturated rings. The molecule has 0 saturated heterocycles. The summed E-state index contributed by atoms with van der Waals surface area (Å²) in [5.41, 5.74) is 6.29. The van der Waals surface area contributed by atoms with Crippen LogP contribution in [0.1, 0.15) is 13.3 Å². The number of nitrogens with zero attached hydrogens (tertiary/aromatic N) is 1. The first-order chi connectivity index (χ1) is 10.1. The SMILES string of the molecule is CCCNS(=O)(=O)c1ccccc1N(CCN)CCOC. The normalized spacial score (nSPS) is 11.6. The Morgan fingerprint density at radius 3 is 2.62 bits per heavy atom. The maximum Gasteiger partial charge on any atom is 0.242 e. The first kappa shape index (κ1) is 17.9. The van der Waals surface area contributed by atoms with Crippen LogP contribution in [0.4, 0.5) is 5.69 Å². The van der Waals surface area contributed by atoms with Crippen molar-refractivity contribution < 1.29 is 13.2 Å². The van der Waals surface area contributed by atoms with Crippen LogP contribution in [-0.4, -0.2) is 48.3 Å². The monoisotopic (exact) mass is 315 g/mol. The van der Waals surface area contributed by atoms with E-state index in [1.807, 2.05) is 17.9 Å². The van der Waals surface area contributed by atoms with Gasteiger partial charge >= 0.3 is 0 Å². The molecule has 1 rings (SSSR count). The molecule has 0 heterocycles. The van der Waals surface area contributed by atoms with E-state index < -0.39 is 10.0 Å². The number of anilines is 1. The van der Waals surface area contributed by atoms with Crippen molar-refractivity contribution in [2.75, 3.05) is 44.8 Å². The number of hydrogen-bond acceptors (Lipinski definition) is 5. The number of hydrogen-bond donors (Lipinski definition) is 2. The average Bonchev–Trinajstić information content (AvgIpc) is 2.49. The number of rotatable bonds is 10. The molecule has 0 aliphatic rings. The van der Waals surface area contributed by atoms with Gasteiger partial charge in [0.05, 0.1) is 12.3 Å². The summed E-state index contributed by atoms with van der Waals surface area (Å²) in [6.07, 6.45) is 0.748. The minimum Gasteiger partial charge on any atom is -0.383 e. The number of nitrogens with one attached hydrogen (secondary N) is 1. The number of ether oxygens (including phenoxy) is 1. The van der Waals surface area contributed by atoms with E-state index in [4.69, 9.17) is 10.5 Å². The molecule has 0 bridgehead atoms. The third-order valence-corrected chi connectivity index (χ3v) is 4.51. The Kier molecular flexibility index (Phi) is 7.66. The molecule has 0 unspecified atom stereocenters. The highest BCUT2D eigenvalue weighted by molar-refractivity contribution is 7.89. The van der Waals surface area contributed by atoms with Gasteiger partial charge in [0.25, 0.3) is 0 Å². The van der Waals surface area contributed by atoms with Gasteiger partial charge in [0, 0.05) is 33.3 Å². The zero-order valence-electron chi connectivity index (χ0n) is 12.7. The van der Waals surface area contributed by atoms with Crippen molar-refractivity contribution in [1.29, 1.82) is 0 Å². The van der Waals surface area contributed by atoms with Crippen LogP contribution < -0.4 is 15.4 Å². The second-order valence-corrected chi connectivity index (χ2v) is 6.37. The van der Waals surface area contributed by atoms with Crippen molar-refractivity contribution in [3.05, 3.63) is 24.3 Å². The van der Waals surface area contributed by atoms with Crippen LogP contribution in [0, 0.1) is 0 Å². The second kappa shape index (κ2) is 8.99. The number of methoxy groups -OCH3 is 1. The molecule has 0 aromatic heterocycles. The van der Waals surface area contributed by atoms with Gasteiger partial charge in [-0.1, -0.05) is 19.1 Å². The number of sulfonamides is 1. The van der Waals surface area contributed by atoms with Crippen LogP contribution in [0.15, 0.2) is 29.2 Å². The van der Waals surface area contributed by atoms with Crippen molar-refractivity contribution in [1.82, 2.24) is 4.72 Å². The van der Waals surface area contributed by atoms with Crippen molar-refractivity contribution in [2.45, 2.75) is 18.2 Å². The largest absolute Gasteiger partial charge is 0.383 e. The van der Waals surface area contributed by atoms with Crippen molar-refractivity contribution in [3.8, 4) is 0 Å². The fourth-order valence-electron chi connectivity index (χ4n) is 1.97. The predicted molar refractivity (Wildman–Crippen MR) is 85.1 cm³/mol. The third-order valence-electron chi connectivity index (χ3n) is 3.00. The molecule has 6 nitrogen and oxygen atoms in total. The van der Waals surface area contributed by atoms with Gasteiger partial charge in [-0.15, -0.1) is 0 Å². The summed E-state index contributed by atoms with van der Waals surface area (Å²) in [5.74, 6) is 0. The van der Waals surface area contributed by atoms with E-state index in [1.54, 1.807) is 25.3 Å². The minimum atomic E-state index is -3.51. The lowest BCUT2D eigenvalue weighted by Crippen LogP contribution is -2.34. The molecule has 0 aliphatic heterocycles. The molecule has 0 spiro atoms. The fourth-order valence-corrected chi connectivity index (χ4v) is 3.33. The van der Waals surface area contributed by atoms with E-state index in [2.05, 4.69) is 4.72 Å². The van der Waals surface area contributed by atoms with Gasteiger partial charge in [0.15, 0.2) is 0 Å². The summed E-state index contributed by atoms with van der Waals surface area (Å²) in [6, 6.07) is 6.96. The average molecular weight is 315 g/mol. The minimum absolute atomic E-state index is 0.281. The zero-order chi connectivity index (χ0) is 15.7. The fraction of sp³-hybridized carbons (Fsp3) is 0.571. The van der Waals surface area contributed by atoms with Crippen LogP contribution in [-0.2, 0) is 14.8 Å². The molecule has 0 saturated carbocycles. The molecule has 0 radical (unpaired) electrons. The molecule has 7 heteroatoms. The second-order valence-electron chi connectivity index (χ2n) is 4.63. The van der Waals surface area contributed by atoms with E-state index in [0.717, 1.165) is 6.42 Å². The molecule has 0 aliphatic carbocycles. The summed E-state index contributed by atoms with van der Waals surface area (Å²) in [7, 11) is -1.90. The Labute approximate surface area is 127 Å². The van der Waals surface area contributed by atoms with Crippen molar-refractivity contribution >= 4 is 15.7 Å². The van der Waals surface area contributed by atoms with Gasteiger partial charge in [-0.3, -0.25) is 0 Å². The van der Waals surface area contributed by atoms with Gasteiger partial charge in [-0.2, -0.15) is 0 Å². The maximum atomic E-state index is 12.4. The van der Waals surface area contributed by atoms with Crippen LogP contribution in [0.2, 0.25) is 0 Å². The van der Waals surface area contributed by atoms with Crippen LogP contribution >= 0.6 is 0 Å². The standard InChI is InChI=1S/C14H25N3O3S/c1-3-9-16-21(18,19)14-7-5-4-6-13(14)17(10-8-15)11-12-20-2/h4-7,16H,3,8-12,15H2,1-2H3. The molecule has 0 atom stereocenters. The quantitative estimate of drug-likeness (QED) is 0.667. The molecule has 0 amide bonds. The summed E-state index contributed by atoms with van der Waals surface area (Å²) in [5, 5.41) is 0. The summed E-state index contributed by atoms with van der Waals surface area (Å²) in [6.45, 7) is 4.47. The lowest BCUT2D eigenvalue weighted by molar-refractivity contribution is 0.205. The van der Waals surface area contributed by atoms with E-state index >= 15 is 0 Å². The topological polar surface area (TPSA) is 84.7 Å². The van der Waals surface area contributed by atoms with Gasteiger partial charge < -0.3 is 15.4 Å². The lowest BCUT2D eigenvalue weighted by atomic mass is 10.3. The van der Waals surface area contributed by atoms with Gasteiger partial charge in [-0.25, -0.2) is 13.1 Å². The van der Waals surface area contributed by atoms with E-state index in [-0.39, 0.29) is 4.90 Å². The number of benzene rings is 1. The molecular weight excluding hydrogens is 290 g/mol. The highest BCUT2D eigenvalue weighted by Crippen LogP contribution is 2.24. The first-order valence-electron chi connectivity index (χ1n) is 7.09. The molecule has 1 aromatic carbocycles. The van der Waals surface area contributed by atoms with Gasteiger partial charge in [0.2, 0.25) is 10.0 Å². The van der Waals surface area contributed by atoms with E-state index in [9.17, 15) is 8.42 Å². The Morgan fingerprint density at radius 1 is 1.29 bits per heavy atom. The molecular formula is C14H25N3O3S. The van der Waals surface area contributed by atoms with Crippen LogP contribution in [0.25, 0.3) is 0 Å². The predicted octanol–water partition coefficient (Wildman–Crippen LogP) is 0.786. The Hall–Kier alpha value is -1.15. The van der Waals surface area contributed by atoms with Crippen molar-refractivity contribution in [3.63, 3.8) is 0 Å². The summed E-state index contributed by atoms with van der Waals surface area (Å²) >= 11 is 0. The molecule has 1 aromatic rings. The van der Waals surface area contributed by atoms with Gasteiger partial charge in [-0.05, 0) is 18.6 Å². The Balaban J connectivity index is 3.11. The highest BCUT2D eigenvalue weighted by atomic mass is 32.2. The first-order valence-corrected chi connectivity index (χ1v) is 8.57. The highest BCUT2D eigenvalue weighted by Gasteiger charge is 2.20. The lowest BCUT2D eigenvalue weighted by Gasteiger charge is -2.26. The van der Waals surface area contributed by atoms with Crippen LogP contribution in [0.5, 0.6) is 0 Å². The number of nitrogens with two attached hydrogens (primary N) is 1. The Morgan fingerprint density at radius 2 is 2.00 bits per heavy atom. The summed E-state index contributed by atoms with van der Waals surface area (Å²) < 4.78 is 32.5. The van der Waals surface area contributed by atoms with Crippen LogP contribution in [0.3, 0.4) is 0 Å². The smallest absolute Gasteiger partial charge is 0.242 e. The molecule has 120 valence electrons. The molecule has 21 heavy (non-hydrogen) atoms. The van der Waals surface area contributed by atoms with Crippen molar-refractivity contribution in [2.24, 2.45) is 5.73 Å². The van der Waals surface area contributed by atoms with Gasteiger partial charge in [0.1, 0.15) is 4.90 Å². The Bertz CT molecular complexity index is 520.